The van der Waals surface area contributed by atoms with Gasteiger partial charge in [-0.25, -0.2) is 4.79 Å². The molecule has 25 heavy (non-hydrogen) atoms. The highest BCUT2D eigenvalue weighted by Crippen LogP contribution is 2.23. The minimum atomic E-state index is -0.134. The van der Waals surface area contributed by atoms with Crippen molar-refractivity contribution in [2.24, 2.45) is 0 Å². The number of hydrogen-bond donors (Lipinski definition) is 2. The maximum Gasteiger partial charge on any atom is 0.319 e. The Labute approximate surface area is 148 Å². The zero-order chi connectivity index (χ0) is 17.1. The van der Waals surface area contributed by atoms with Gasteiger partial charge in [0.1, 0.15) is 0 Å². The Bertz CT molecular complexity index is 748. The van der Waals surface area contributed by atoms with Gasteiger partial charge in [-0.15, -0.1) is 0 Å². The molecule has 0 aliphatic carbocycles. The number of rotatable bonds is 4. The molecule has 5 heteroatoms. The van der Waals surface area contributed by atoms with Crippen molar-refractivity contribution in [3.05, 3.63) is 65.2 Å². The zero-order valence-electron chi connectivity index (χ0n) is 14.2. The minimum Gasteiger partial charge on any atom is -0.372 e. The first-order chi connectivity index (χ1) is 12.3. The Morgan fingerprint density at radius 3 is 2.84 bits per heavy atom. The van der Waals surface area contributed by atoms with Gasteiger partial charge < -0.3 is 15.4 Å². The number of anilines is 1. The van der Waals surface area contributed by atoms with Gasteiger partial charge in [-0.3, -0.25) is 4.90 Å². The van der Waals surface area contributed by atoms with Crippen molar-refractivity contribution in [2.75, 3.05) is 18.4 Å². The minimum absolute atomic E-state index is 0.134. The van der Waals surface area contributed by atoms with Crippen LogP contribution < -0.4 is 10.6 Å². The Balaban J connectivity index is 1.27. The van der Waals surface area contributed by atoms with Crippen LogP contribution in [0.25, 0.3) is 0 Å². The van der Waals surface area contributed by atoms with E-state index >= 15 is 0 Å². The molecule has 4 rings (SSSR count). The van der Waals surface area contributed by atoms with Crippen LogP contribution in [0.2, 0.25) is 0 Å². The van der Waals surface area contributed by atoms with Gasteiger partial charge in [-0.05, 0) is 35.2 Å². The fourth-order valence-corrected chi connectivity index (χ4v) is 3.54. The van der Waals surface area contributed by atoms with Crippen LogP contribution in [-0.2, 0) is 24.5 Å². The summed E-state index contributed by atoms with van der Waals surface area (Å²) in [6, 6.07) is 16.5. The fraction of sp³-hybridized carbons (Fsp3) is 0.350. The van der Waals surface area contributed by atoms with Crippen LogP contribution in [0.15, 0.2) is 48.5 Å². The van der Waals surface area contributed by atoms with Crippen molar-refractivity contribution in [1.29, 1.82) is 0 Å². The molecule has 2 heterocycles. The number of nitrogens with one attached hydrogen (secondary N) is 2. The SMILES string of the molecule is O=C(Nc1ccc2c(c1)COC2)N[C@@H]1CCN(Cc2ccccc2)C1. The van der Waals surface area contributed by atoms with Gasteiger partial charge in [-0.2, -0.15) is 0 Å². The van der Waals surface area contributed by atoms with E-state index in [1.165, 1.54) is 11.1 Å². The molecule has 5 nitrogen and oxygen atoms in total. The van der Waals surface area contributed by atoms with E-state index in [0.717, 1.165) is 37.3 Å². The number of fused-ring (bicyclic) bond motifs is 1. The standard InChI is InChI=1S/C20H23N3O2/c24-20(21-18-7-6-16-13-25-14-17(16)10-18)22-19-8-9-23(12-19)11-15-4-2-1-3-5-15/h1-7,10,19H,8-9,11-14H2,(H2,21,22,24)/t19-/m1/s1. The molecule has 0 bridgehead atoms. The Hall–Kier alpha value is -2.37. The molecule has 0 unspecified atom stereocenters. The lowest BCUT2D eigenvalue weighted by molar-refractivity contribution is 0.134. The summed E-state index contributed by atoms with van der Waals surface area (Å²) in [5.41, 5.74) is 4.50. The number of hydrogen-bond acceptors (Lipinski definition) is 3. The predicted molar refractivity (Wildman–Crippen MR) is 97.2 cm³/mol. The molecule has 2 aromatic rings. The second-order valence-electron chi connectivity index (χ2n) is 6.78. The Kier molecular flexibility index (Phi) is 4.68. The van der Waals surface area contributed by atoms with E-state index in [1.54, 1.807) is 0 Å². The lowest BCUT2D eigenvalue weighted by atomic mass is 10.1. The summed E-state index contributed by atoms with van der Waals surface area (Å²) in [4.78, 5) is 14.6. The first kappa shape index (κ1) is 16.1. The van der Waals surface area contributed by atoms with E-state index in [0.29, 0.717) is 13.2 Å². The molecule has 0 spiro atoms. The van der Waals surface area contributed by atoms with Crippen LogP contribution in [0.4, 0.5) is 10.5 Å². The molecule has 2 aliphatic heterocycles. The number of ether oxygens (including phenoxy) is 1. The number of likely N-dealkylation sites (tertiary alicyclic amines) is 1. The Morgan fingerprint density at radius 1 is 1.12 bits per heavy atom. The van der Waals surface area contributed by atoms with Crippen LogP contribution in [0.5, 0.6) is 0 Å². The number of carbonyl (C=O) groups is 1. The smallest absolute Gasteiger partial charge is 0.319 e. The molecular formula is C20H23N3O2. The molecule has 2 N–H and O–H groups in total. The summed E-state index contributed by atoms with van der Waals surface area (Å²) >= 11 is 0. The summed E-state index contributed by atoms with van der Waals surface area (Å²) in [5.74, 6) is 0. The molecule has 0 aromatic heterocycles. The van der Waals surface area contributed by atoms with Gasteiger partial charge in [-0.1, -0.05) is 36.4 Å². The van der Waals surface area contributed by atoms with E-state index in [2.05, 4.69) is 39.8 Å². The van der Waals surface area contributed by atoms with Crippen LogP contribution in [0, 0.1) is 0 Å². The van der Waals surface area contributed by atoms with Gasteiger partial charge in [0.2, 0.25) is 0 Å². The first-order valence-electron chi connectivity index (χ1n) is 8.79. The quantitative estimate of drug-likeness (QED) is 0.901. The van der Waals surface area contributed by atoms with E-state index in [1.807, 2.05) is 24.3 Å². The Morgan fingerprint density at radius 2 is 1.96 bits per heavy atom. The third-order valence-corrected chi connectivity index (χ3v) is 4.84. The molecule has 1 fully saturated rings. The third-order valence-electron chi connectivity index (χ3n) is 4.84. The average Bonchev–Trinajstić information content (AvgIpc) is 3.24. The van der Waals surface area contributed by atoms with Crippen LogP contribution in [-0.4, -0.2) is 30.1 Å². The van der Waals surface area contributed by atoms with Crippen molar-refractivity contribution in [2.45, 2.75) is 32.2 Å². The highest BCUT2D eigenvalue weighted by atomic mass is 16.5. The van der Waals surface area contributed by atoms with Crippen molar-refractivity contribution in [3.63, 3.8) is 0 Å². The summed E-state index contributed by atoms with van der Waals surface area (Å²) in [7, 11) is 0. The molecule has 130 valence electrons. The van der Waals surface area contributed by atoms with Crippen molar-refractivity contribution >= 4 is 11.7 Å². The van der Waals surface area contributed by atoms with Gasteiger partial charge in [0.05, 0.1) is 13.2 Å². The number of nitrogens with zero attached hydrogens (tertiary/aromatic N) is 1. The largest absolute Gasteiger partial charge is 0.372 e. The predicted octanol–water partition coefficient (Wildman–Crippen LogP) is 3.11. The second-order valence-corrected chi connectivity index (χ2v) is 6.78. The maximum absolute atomic E-state index is 12.3. The number of urea groups is 1. The van der Waals surface area contributed by atoms with Crippen LogP contribution in [0.1, 0.15) is 23.1 Å². The van der Waals surface area contributed by atoms with Crippen molar-refractivity contribution in [3.8, 4) is 0 Å². The topological polar surface area (TPSA) is 53.6 Å². The monoisotopic (exact) mass is 337 g/mol. The lowest BCUT2D eigenvalue weighted by Crippen LogP contribution is -2.39. The molecule has 1 atom stereocenters. The maximum atomic E-state index is 12.3. The summed E-state index contributed by atoms with van der Waals surface area (Å²) < 4.78 is 5.41. The molecular weight excluding hydrogens is 314 g/mol. The van der Waals surface area contributed by atoms with E-state index in [4.69, 9.17) is 4.74 Å². The second kappa shape index (κ2) is 7.25. The number of amides is 2. The van der Waals surface area contributed by atoms with Crippen molar-refractivity contribution in [1.82, 2.24) is 10.2 Å². The van der Waals surface area contributed by atoms with E-state index in [9.17, 15) is 4.79 Å². The molecule has 1 saturated heterocycles. The molecule has 0 saturated carbocycles. The molecule has 0 radical (unpaired) electrons. The van der Waals surface area contributed by atoms with Gasteiger partial charge >= 0.3 is 6.03 Å². The fourth-order valence-electron chi connectivity index (χ4n) is 3.54. The molecule has 2 aromatic carbocycles. The summed E-state index contributed by atoms with van der Waals surface area (Å²) in [6.45, 7) is 4.13. The van der Waals surface area contributed by atoms with Gasteiger partial charge in [0, 0.05) is 31.4 Å². The van der Waals surface area contributed by atoms with E-state index in [-0.39, 0.29) is 12.1 Å². The highest BCUT2D eigenvalue weighted by Gasteiger charge is 2.24. The van der Waals surface area contributed by atoms with Crippen LogP contribution >= 0.6 is 0 Å². The van der Waals surface area contributed by atoms with Crippen LogP contribution in [0.3, 0.4) is 0 Å². The molecule has 2 aliphatic rings. The average molecular weight is 337 g/mol. The number of benzene rings is 2. The zero-order valence-corrected chi connectivity index (χ0v) is 14.2. The number of carbonyl (C=O) groups excluding carboxylic acids is 1. The van der Waals surface area contributed by atoms with Gasteiger partial charge in [0.25, 0.3) is 0 Å². The highest BCUT2D eigenvalue weighted by molar-refractivity contribution is 5.89. The molecule has 2 amide bonds. The van der Waals surface area contributed by atoms with Gasteiger partial charge in [0.15, 0.2) is 0 Å². The van der Waals surface area contributed by atoms with Crippen molar-refractivity contribution < 1.29 is 9.53 Å². The third kappa shape index (κ3) is 4.00. The first-order valence-corrected chi connectivity index (χ1v) is 8.79. The van der Waals surface area contributed by atoms with E-state index < -0.39 is 0 Å². The summed E-state index contributed by atoms with van der Waals surface area (Å²) in [5, 5.41) is 6.03. The normalized spacial score (nSPS) is 19.6. The lowest BCUT2D eigenvalue weighted by Gasteiger charge is -2.17. The summed E-state index contributed by atoms with van der Waals surface area (Å²) in [6.07, 6.45) is 0.984.